The van der Waals surface area contributed by atoms with Crippen molar-refractivity contribution in [3.63, 3.8) is 0 Å². The van der Waals surface area contributed by atoms with E-state index >= 15 is 0 Å². The minimum atomic E-state index is -0.127. The number of hydrogen-bond acceptors (Lipinski definition) is 0. The zero-order valence-electron chi connectivity index (χ0n) is 16.0. The smallest absolute Gasteiger partial charge is 0.0894 e. The molecular weight excluding hydrogens is 307 g/mol. The van der Waals surface area contributed by atoms with Crippen LogP contribution in [0.15, 0.2) is 30.3 Å². The summed E-state index contributed by atoms with van der Waals surface area (Å²) in [5, 5.41) is 0. The number of unbranched alkanes of at least 4 members (excludes halogenated alkanes) is 3. The van der Waals surface area contributed by atoms with Gasteiger partial charge in [-0.05, 0) is 74.2 Å². The topological polar surface area (TPSA) is 0 Å². The van der Waals surface area contributed by atoms with Crippen molar-refractivity contribution in [2.24, 2.45) is 17.8 Å². The van der Waals surface area contributed by atoms with Gasteiger partial charge in [0.05, 0.1) is 6.67 Å². The summed E-state index contributed by atoms with van der Waals surface area (Å²) in [5.41, 5.74) is 1.57. The van der Waals surface area contributed by atoms with Gasteiger partial charge < -0.3 is 0 Å². The first-order chi connectivity index (χ1) is 12.4. The first-order valence-electron chi connectivity index (χ1n) is 11.0. The Kier molecular flexibility index (Phi) is 7.82. The molecule has 2 fully saturated rings. The summed E-state index contributed by atoms with van der Waals surface area (Å²) < 4.78 is 12.1. The van der Waals surface area contributed by atoms with Crippen LogP contribution in [-0.4, -0.2) is 6.67 Å². The maximum atomic E-state index is 12.1. The molecule has 0 bridgehead atoms. The van der Waals surface area contributed by atoms with Crippen molar-refractivity contribution in [2.45, 2.75) is 89.4 Å². The van der Waals surface area contributed by atoms with E-state index in [2.05, 4.69) is 30.3 Å². The fourth-order valence-corrected chi connectivity index (χ4v) is 5.48. The molecule has 0 amide bonds. The van der Waals surface area contributed by atoms with Crippen molar-refractivity contribution in [1.29, 1.82) is 0 Å². The summed E-state index contributed by atoms with van der Waals surface area (Å²) in [7, 11) is 0. The molecule has 2 aliphatic rings. The number of benzene rings is 1. The third-order valence-corrected chi connectivity index (χ3v) is 7.10. The lowest BCUT2D eigenvalue weighted by Crippen LogP contribution is -2.25. The molecule has 1 heteroatoms. The zero-order valence-corrected chi connectivity index (χ0v) is 16.0. The average Bonchev–Trinajstić information content (AvgIpc) is 2.69. The van der Waals surface area contributed by atoms with Crippen LogP contribution in [0, 0.1) is 17.8 Å². The van der Waals surface area contributed by atoms with E-state index in [0.717, 1.165) is 36.5 Å². The Hall–Kier alpha value is -0.850. The van der Waals surface area contributed by atoms with Crippen LogP contribution >= 0.6 is 0 Å². The largest absolute Gasteiger partial charge is 0.251 e. The predicted octanol–water partition coefficient (Wildman–Crippen LogP) is 7.69. The van der Waals surface area contributed by atoms with Crippen molar-refractivity contribution >= 4 is 0 Å². The highest BCUT2D eigenvalue weighted by Crippen LogP contribution is 2.44. The Morgan fingerprint density at radius 3 is 1.92 bits per heavy atom. The first-order valence-corrected chi connectivity index (χ1v) is 11.0. The SMILES string of the molecule is FCCCCCCC1CCC(C2CCC(c3ccccc3)CC2)CC1. The van der Waals surface area contributed by atoms with Crippen LogP contribution in [0.25, 0.3) is 0 Å². The third kappa shape index (κ3) is 5.83. The molecular formula is C24H37F. The quantitative estimate of drug-likeness (QED) is 0.424. The third-order valence-electron chi connectivity index (χ3n) is 7.10. The number of rotatable bonds is 8. The molecule has 0 aliphatic heterocycles. The molecule has 2 aliphatic carbocycles. The molecule has 0 unspecified atom stereocenters. The Labute approximate surface area is 154 Å². The molecule has 0 saturated heterocycles. The summed E-state index contributed by atoms with van der Waals surface area (Å²) >= 11 is 0. The number of alkyl halides is 1. The Bertz CT molecular complexity index is 452. The Morgan fingerprint density at radius 1 is 0.680 bits per heavy atom. The Morgan fingerprint density at radius 2 is 1.28 bits per heavy atom. The maximum Gasteiger partial charge on any atom is 0.0894 e. The van der Waals surface area contributed by atoms with Gasteiger partial charge in [-0.3, -0.25) is 4.39 Å². The molecule has 2 saturated carbocycles. The van der Waals surface area contributed by atoms with Crippen molar-refractivity contribution in [3.05, 3.63) is 35.9 Å². The van der Waals surface area contributed by atoms with E-state index in [0.29, 0.717) is 0 Å². The van der Waals surface area contributed by atoms with Crippen LogP contribution in [0.1, 0.15) is 95.0 Å². The van der Waals surface area contributed by atoms with E-state index in [1.54, 1.807) is 5.56 Å². The van der Waals surface area contributed by atoms with Gasteiger partial charge in [0.25, 0.3) is 0 Å². The van der Waals surface area contributed by atoms with Crippen LogP contribution in [0.3, 0.4) is 0 Å². The molecule has 25 heavy (non-hydrogen) atoms. The second-order valence-electron chi connectivity index (χ2n) is 8.70. The summed E-state index contributed by atoms with van der Waals surface area (Å²) in [6.45, 7) is -0.127. The van der Waals surface area contributed by atoms with Crippen LogP contribution in [0.2, 0.25) is 0 Å². The normalized spacial score (nSPS) is 30.3. The second kappa shape index (κ2) is 10.3. The van der Waals surface area contributed by atoms with E-state index in [-0.39, 0.29) is 6.67 Å². The second-order valence-corrected chi connectivity index (χ2v) is 8.70. The number of halogens is 1. The standard InChI is InChI=1S/C24H37F/c25-19-7-2-1-4-8-20-11-13-22(14-12-20)24-17-15-23(16-18-24)21-9-5-3-6-10-21/h3,5-6,9-10,20,22-24H,1-2,4,7-8,11-19H2. The number of hydrogen-bond donors (Lipinski definition) is 0. The molecule has 0 radical (unpaired) electrons. The van der Waals surface area contributed by atoms with E-state index < -0.39 is 0 Å². The molecule has 0 spiro atoms. The molecule has 0 aromatic heterocycles. The van der Waals surface area contributed by atoms with Gasteiger partial charge in [-0.15, -0.1) is 0 Å². The molecule has 1 aromatic rings. The van der Waals surface area contributed by atoms with Crippen LogP contribution in [-0.2, 0) is 0 Å². The summed E-state index contributed by atoms with van der Waals surface area (Å²) in [5.74, 6) is 3.81. The van der Waals surface area contributed by atoms with Crippen LogP contribution in [0.4, 0.5) is 4.39 Å². The van der Waals surface area contributed by atoms with Gasteiger partial charge >= 0.3 is 0 Å². The van der Waals surface area contributed by atoms with Crippen molar-refractivity contribution < 1.29 is 4.39 Å². The van der Waals surface area contributed by atoms with Gasteiger partial charge in [0.1, 0.15) is 0 Å². The fourth-order valence-electron chi connectivity index (χ4n) is 5.48. The van der Waals surface area contributed by atoms with Crippen molar-refractivity contribution in [2.75, 3.05) is 6.67 Å². The average molecular weight is 345 g/mol. The zero-order chi connectivity index (χ0) is 17.3. The summed E-state index contributed by atoms with van der Waals surface area (Å²) in [4.78, 5) is 0. The first kappa shape index (κ1) is 18.9. The fraction of sp³-hybridized carbons (Fsp3) is 0.750. The van der Waals surface area contributed by atoms with E-state index in [4.69, 9.17) is 0 Å². The summed E-state index contributed by atoms with van der Waals surface area (Å²) in [6, 6.07) is 11.2. The van der Waals surface area contributed by atoms with Crippen LogP contribution < -0.4 is 0 Å². The van der Waals surface area contributed by atoms with Gasteiger partial charge in [0.2, 0.25) is 0 Å². The van der Waals surface area contributed by atoms with E-state index in [1.165, 1.54) is 70.6 Å². The maximum absolute atomic E-state index is 12.1. The molecule has 1 aromatic carbocycles. The van der Waals surface area contributed by atoms with Crippen molar-refractivity contribution in [1.82, 2.24) is 0 Å². The van der Waals surface area contributed by atoms with E-state index in [1.807, 2.05) is 0 Å². The van der Waals surface area contributed by atoms with Gasteiger partial charge in [0.15, 0.2) is 0 Å². The molecule has 0 nitrogen and oxygen atoms in total. The molecule has 140 valence electrons. The highest BCUT2D eigenvalue weighted by atomic mass is 19.1. The lowest BCUT2D eigenvalue weighted by molar-refractivity contribution is 0.155. The molecule has 0 heterocycles. The molecule has 0 atom stereocenters. The highest BCUT2D eigenvalue weighted by Gasteiger charge is 2.31. The minimum Gasteiger partial charge on any atom is -0.251 e. The van der Waals surface area contributed by atoms with Gasteiger partial charge in [-0.2, -0.15) is 0 Å². The lowest BCUT2D eigenvalue weighted by Gasteiger charge is -2.38. The summed E-state index contributed by atoms with van der Waals surface area (Å²) in [6.07, 6.45) is 17.5. The van der Waals surface area contributed by atoms with Gasteiger partial charge in [0, 0.05) is 0 Å². The van der Waals surface area contributed by atoms with Crippen molar-refractivity contribution in [3.8, 4) is 0 Å². The predicted molar refractivity (Wildman–Crippen MR) is 106 cm³/mol. The Balaban J connectivity index is 1.33. The highest BCUT2D eigenvalue weighted by molar-refractivity contribution is 5.19. The van der Waals surface area contributed by atoms with Crippen LogP contribution in [0.5, 0.6) is 0 Å². The van der Waals surface area contributed by atoms with Gasteiger partial charge in [-0.25, -0.2) is 0 Å². The minimum absolute atomic E-state index is 0.127. The van der Waals surface area contributed by atoms with Gasteiger partial charge in [-0.1, -0.05) is 68.9 Å². The monoisotopic (exact) mass is 344 g/mol. The van der Waals surface area contributed by atoms with E-state index in [9.17, 15) is 4.39 Å². The lowest BCUT2D eigenvalue weighted by atomic mass is 9.68. The molecule has 3 rings (SSSR count). The molecule has 0 N–H and O–H groups in total.